The number of hydrogen-bond donors (Lipinski definition) is 1. The molecular weight excluding hydrogens is 717 g/mol. The Balaban J connectivity index is 0.000000263. The van der Waals surface area contributed by atoms with Crippen molar-refractivity contribution in [2.75, 3.05) is 0 Å². The van der Waals surface area contributed by atoms with Crippen molar-refractivity contribution in [1.29, 1.82) is 0 Å². The van der Waals surface area contributed by atoms with E-state index < -0.39 is 0 Å². The predicted octanol–water partition coefficient (Wildman–Crippen LogP) is 10.3. The number of para-hydroxylation sites is 1. The molecule has 1 N–H and O–H groups in total. The number of carbonyl (C=O) groups excluding carboxylic acids is 1. The van der Waals surface area contributed by atoms with Gasteiger partial charge in [0.15, 0.2) is 5.78 Å². The van der Waals surface area contributed by atoms with E-state index in [0.717, 1.165) is 42.5 Å². The Morgan fingerprint density at radius 2 is 1.60 bits per heavy atom. The average molecular weight is 760 g/mol. The number of imidazole rings is 1. The number of thiazole rings is 1. The van der Waals surface area contributed by atoms with Crippen molar-refractivity contribution in [2.24, 2.45) is 11.8 Å². The van der Waals surface area contributed by atoms with E-state index in [1.54, 1.807) is 11.3 Å². The molecule has 42 heavy (non-hydrogen) atoms. The quantitative estimate of drug-likeness (QED) is 0.0974. The Labute approximate surface area is 268 Å². The second-order valence-corrected chi connectivity index (χ2v) is 12.8. The van der Waals surface area contributed by atoms with Crippen LogP contribution in [-0.4, -0.2) is 20.3 Å². The summed E-state index contributed by atoms with van der Waals surface area (Å²) >= 11 is 1.78. The van der Waals surface area contributed by atoms with E-state index >= 15 is 0 Å². The third-order valence-electron chi connectivity index (χ3n) is 7.96. The molecule has 6 heteroatoms. The normalized spacial score (nSPS) is 12.2. The number of carbonyl (C=O) groups is 1. The predicted molar refractivity (Wildman–Crippen MR) is 175 cm³/mol. The number of aromatic nitrogens is 2. The smallest absolute Gasteiger partial charge is 0.162 e. The summed E-state index contributed by atoms with van der Waals surface area (Å²) in [6.45, 7) is 14.9. The van der Waals surface area contributed by atoms with E-state index in [-0.39, 0.29) is 48.9 Å². The zero-order valence-corrected chi connectivity index (χ0v) is 29.0. The van der Waals surface area contributed by atoms with Crippen molar-refractivity contribution in [2.45, 2.75) is 79.6 Å². The van der Waals surface area contributed by atoms with Crippen molar-refractivity contribution in [1.82, 2.24) is 9.38 Å². The topological polar surface area (TPSA) is 54.6 Å². The maximum atomic E-state index is 11.7. The Kier molecular flexibility index (Phi) is 11.7. The standard InChI is InChI=1S/C23H19N2S.C13H24O2.Ir/c1-23(2,3)18-13-16(12-15-8-4-5-9-17(15)18)22-24-14-21-25(22)19-10-6-7-11-20(19)26-21;1-5-10(6-2)12(14)9-13(15)11(7-3)8-4;/h4-11,13-14H,1-3H3;9-11,14H,5-8H2,1-4H3;/q-1;;/b;12-9-;. The third kappa shape index (κ3) is 7.22. The molecule has 225 valence electrons. The van der Waals surface area contributed by atoms with Gasteiger partial charge in [-0.2, -0.15) is 0 Å². The van der Waals surface area contributed by atoms with Gasteiger partial charge in [0.05, 0.1) is 28.0 Å². The van der Waals surface area contributed by atoms with Crippen molar-refractivity contribution >= 4 is 42.9 Å². The number of allylic oxidation sites excluding steroid dienone is 2. The van der Waals surface area contributed by atoms with Crippen LogP contribution in [0.3, 0.4) is 0 Å². The van der Waals surface area contributed by atoms with Gasteiger partial charge in [0.1, 0.15) is 4.83 Å². The molecular formula is C36H43IrN2O2S-. The largest absolute Gasteiger partial charge is 0.512 e. The number of aliphatic hydroxyl groups excluding tert-OH is 1. The Hall–Kier alpha value is -2.79. The minimum atomic E-state index is 0. The molecule has 0 amide bonds. The fourth-order valence-corrected chi connectivity index (χ4v) is 6.44. The summed E-state index contributed by atoms with van der Waals surface area (Å²) in [5.41, 5.74) is 3.64. The van der Waals surface area contributed by atoms with E-state index in [4.69, 9.17) is 4.98 Å². The van der Waals surface area contributed by atoms with Crippen LogP contribution in [-0.2, 0) is 30.3 Å². The molecule has 0 saturated carbocycles. The minimum absolute atomic E-state index is 0. The van der Waals surface area contributed by atoms with Gasteiger partial charge in [0, 0.05) is 38.0 Å². The van der Waals surface area contributed by atoms with E-state index in [1.807, 2.05) is 33.9 Å². The second-order valence-electron chi connectivity index (χ2n) is 11.7. The molecule has 3 aromatic carbocycles. The molecule has 0 aliphatic rings. The molecule has 0 saturated heterocycles. The van der Waals surface area contributed by atoms with Crippen LogP contribution < -0.4 is 0 Å². The van der Waals surface area contributed by atoms with Gasteiger partial charge < -0.3 is 9.51 Å². The van der Waals surface area contributed by atoms with Gasteiger partial charge in [0.2, 0.25) is 0 Å². The van der Waals surface area contributed by atoms with Crippen molar-refractivity contribution in [3.63, 3.8) is 0 Å². The van der Waals surface area contributed by atoms with Gasteiger partial charge in [0.25, 0.3) is 0 Å². The summed E-state index contributed by atoms with van der Waals surface area (Å²) in [6, 6.07) is 22.9. The molecule has 0 aliphatic heterocycles. The molecule has 0 fully saturated rings. The first-order valence-electron chi connectivity index (χ1n) is 14.9. The fourth-order valence-electron chi connectivity index (χ4n) is 5.42. The summed E-state index contributed by atoms with van der Waals surface area (Å²) < 4.78 is 3.54. The molecule has 2 aromatic heterocycles. The number of fused-ring (bicyclic) bond motifs is 4. The summed E-state index contributed by atoms with van der Waals surface area (Å²) in [5.74, 6) is 1.51. The van der Waals surface area contributed by atoms with Gasteiger partial charge in [-0.15, -0.1) is 40.5 Å². The van der Waals surface area contributed by atoms with Crippen molar-refractivity contribution in [3.8, 4) is 11.4 Å². The van der Waals surface area contributed by atoms with Crippen LogP contribution in [0.25, 0.3) is 37.2 Å². The van der Waals surface area contributed by atoms with E-state index in [1.165, 1.54) is 32.1 Å². The first-order valence-corrected chi connectivity index (χ1v) is 15.7. The summed E-state index contributed by atoms with van der Waals surface area (Å²) in [7, 11) is 0. The molecule has 2 heterocycles. The summed E-state index contributed by atoms with van der Waals surface area (Å²) in [4.78, 5) is 17.6. The number of aliphatic hydroxyl groups is 1. The average Bonchev–Trinajstić information content (AvgIpc) is 3.53. The third-order valence-corrected chi connectivity index (χ3v) is 9.02. The first-order chi connectivity index (χ1) is 19.6. The zero-order valence-electron chi connectivity index (χ0n) is 25.8. The van der Waals surface area contributed by atoms with Crippen LogP contribution >= 0.6 is 11.3 Å². The molecule has 4 nitrogen and oxygen atoms in total. The van der Waals surface area contributed by atoms with Gasteiger partial charge in [-0.05, 0) is 43.2 Å². The molecule has 0 spiro atoms. The molecule has 0 unspecified atom stereocenters. The van der Waals surface area contributed by atoms with Crippen LogP contribution in [0.15, 0.2) is 72.6 Å². The van der Waals surface area contributed by atoms with Crippen LogP contribution in [0, 0.1) is 17.9 Å². The Morgan fingerprint density at radius 3 is 2.24 bits per heavy atom. The van der Waals surface area contributed by atoms with Crippen LogP contribution in [0.1, 0.15) is 79.7 Å². The van der Waals surface area contributed by atoms with E-state index in [2.05, 4.69) is 85.8 Å². The fraction of sp³-hybridized carbons (Fsp3) is 0.389. The van der Waals surface area contributed by atoms with Crippen LogP contribution in [0.5, 0.6) is 0 Å². The number of rotatable bonds is 8. The van der Waals surface area contributed by atoms with Gasteiger partial charge >= 0.3 is 0 Å². The molecule has 0 aliphatic carbocycles. The number of ketones is 1. The van der Waals surface area contributed by atoms with Crippen molar-refractivity contribution in [3.05, 3.63) is 84.3 Å². The van der Waals surface area contributed by atoms with Gasteiger partial charge in [-0.25, -0.2) is 0 Å². The minimum Gasteiger partial charge on any atom is -0.512 e. The monoisotopic (exact) mass is 760 g/mol. The van der Waals surface area contributed by atoms with Crippen molar-refractivity contribution < 1.29 is 30.0 Å². The molecule has 5 aromatic rings. The molecule has 5 rings (SSSR count). The van der Waals surface area contributed by atoms with E-state index in [9.17, 15) is 9.90 Å². The first kappa shape index (κ1) is 33.7. The van der Waals surface area contributed by atoms with Crippen LogP contribution in [0.4, 0.5) is 0 Å². The second kappa shape index (κ2) is 14.6. The van der Waals surface area contributed by atoms with E-state index in [0.29, 0.717) is 0 Å². The SMILES string of the molecule is CC(C)(C)c1cc(-c2ncc3sc4ccccc4n23)[c-]c2ccccc12.CCC(CC)C(=O)/C=C(\O)C(CC)CC.[Ir]. The van der Waals surface area contributed by atoms with Gasteiger partial charge in [-0.1, -0.05) is 89.7 Å². The van der Waals surface area contributed by atoms with Crippen LogP contribution in [0.2, 0.25) is 0 Å². The summed E-state index contributed by atoms with van der Waals surface area (Å²) in [5, 5.41) is 12.2. The summed E-state index contributed by atoms with van der Waals surface area (Å²) in [6.07, 6.45) is 6.88. The molecule has 1 radical (unpaired) electrons. The Morgan fingerprint density at radius 1 is 0.976 bits per heavy atom. The zero-order chi connectivity index (χ0) is 29.7. The molecule has 0 atom stereocenters. The number of nitrogens with zero attached hydrogens (tertiary/aromatic N) is 2. The maximum absolute atomic E-state index is 11.7. The van der Waals surface area contributed by atoms with Gasteiger partial charge in [-0.3, -0.25) is 9.78 Å². The maximum Gasteiger partial charge on any atom is 0.162 e. The molecule has 0 bridgehead atoms. The number of benzene rings is 3. The number of hydrogen-bond acceptors (Lipinski definition) is 4. The Bertz CT molecular complexity index is 1670.